The Morgan fingerprint density at radius 2 is 1.10 bits per heavy atom. The highest BCUT2D eigenvalue weighted by atomic mass is 16.5. The molecule has 40 heavy (non-hydrogen) atoms. The smallest absolute Gasteiger partial charge is 0.330 e. The van der Waals surface area contributed by atoms with E-state index < -0.39 is 0 Å². The van der Waals surface area contributed by atoms with Crippen LogP contribution >= 0.6 is 0 Å². The van der Waals surface area contributed by atoms with Gasteiger partial charge in [0.2, 0.25) is 0 Å². The highest BCUT2D eigenvalue weighted by Crippen LogP contribution is 2.36. The number of allylic oxidation sites excluding steroid dienone is 4. The van der Waals surface area contributed by atoms with Gasteiger partial charge < -0.3 is 9.47 Å². The van der Waals surface area contributed by atoms with E-state index in [4.69, 9.17) is 9.47 Å². The average Bonchev–Trinajstić information content (AvgIpc) is 3.32. The Morgan fingerprint density at radius 1 is 0.725 bits per heavy atom. The van der Waals surface area contributed by atoms with Gasteiger partial charge in [0.15, 0.2) is 5.78 Å². The van der Waals surface area contributed by atoms with Gasteiger partial charge >= 0.3 is 11.9 Å². The monoisotopic (exact) mass is 554 g/mol. The SMILES string of the molecule is C=CC(=O)OCCN(CC)C1CCC(C=C2CCC(=CC3CCC(N(CC)CCOC(=O)C=C)CC3)C2=O)CC1. The molecule has 3 aliphatic carbocycles. The van der Waals surface area contributed by atoms with E-state index in [1.807, 2.05) is 0 Å². The third-order valence-electron chi connectivity index (χ3n) is 9.03. The maximum Gasteiger partial charge on any atom is 0.330 e. The lowest BCUT2D eigenvalue weighted by Crippen LogP contribution is -2.40. The molecule has 0 N–H and O–H groups in total. The van der Waals surface area contributed by atoms with Gasteiger partial charge in [-0.1, -0.05) is 39.2 Å². The van der Waals surface area contributed by atoms with Crippen LogP contribution in [0.3, 0.4) is 0 Å². The number of ether oxygens (including phenoxy) is 2. The number of hydrogen-bond donors (Lipinski definition) is 0. The molecule has 0 heterocycles. The molecule has 3 fully saturated rings. The standard InChI is InChI=1S/C33H50N2O5/c1-5-31(36)39-21-19-34(7-3)29-15-9-25(10-16-29)23-27-13-14-28(33(27)38)24-26-11-17-30(18-12-26)35(8-4)20-22-40-32(37)6-2/h5-6,23-26,29-30H,1-2,7-22H2,3-4H3. The molecule has 3 rings (SSSR count). The van der Waals surface area contributed by atoms with Gasteiger partial charge in [-0.05, 0) is 100 Å². The van der Waals surface area contributed by atoms with Crippen molar-refractivity contribution in [2.45, 2.75) is 90.1 Å². The third kappa shape index (κ3) is 9.55. The van der Waals surface area contributed by atoms with Gasteiger partial charge in [0.25, 0.3) is 0 Å². The molecule has 3 aliphatic rings. The lowest BCUT2D eigenvalue weighted by atomic mass is 9.83. The van der Waals surface area contributed by atoms with Crippen LogP contribution in [-0.4, -0.2) is 79.0 Å². The van der Waals surface area contributed by atoms with E-state index in [1.54, 1.807) is 0 Å². The van der Waals surface area contributed by atoms with Crippen molar-refractivity contribution in [3.05, 3.63) is 48.6 Å². The van der Waals surface area contributed by atoms with Gasteiger partial charge in [-0.2, -0.15) is 0 Å². The van der Waals surface area contributed by atoms with Crippen LogP contribution < -0.4 is 0 Å². The summed E-state index contributed by atoms with van der Waals surface area (Å²) in [5.41, 5.74) is 2.05. The summed E-state index contributed by atoms with van der Waals surface area (Å²) in [6, 6.07) is 1.02. The lowest BCUT2D eigenvalue weighted by Gasteiger charge is -2.35. The summed E-state index contributed by atoms with van der Waals surface area (Å²) in [6.07, 6.45) is 17.6. The van der Waals surface area contributed by atoms with E-state index in [9.17, 15) is 14.4 Å². The summed E-state index contributed by atoms with van der Waals surface area (Å²) in [5.74, 6) is 0.513. The Balaban J connectivity index is 1.43. The molecule has 7 nitrogen and oxygen atoms in total. The molecule has 0 atom stereocenters. The maximum atomic E-state index is 13.2. The quantitative estimate of drug-likeness (QED) is 0.210. The van der Waals surface area contributed by atoms with Crippen molar-refractivity contribution in [2.24, 2.45) is 11.8 Å². The van der Waals surface area contributed by atoms with Crippen LogP contribution in [0.5, 0.6) is 0 Å². The molecule has 3 saturated carbocycles. The Labute approximate surface area is 241 Å². The lowest BCUT2D eigenvalue weighted by molar-refractivity contribution is -0.139. The second-order valence-corrected chi connectivity index (χ2v) is 11.4. The molecule has 0 amide bonds. The molecule has 0 saturated heterocycles. The molecular weight excluding hydrogens is 504 g/mol. The van der Waals surface area contributed by atoms with Crippen molar-refractivity contribution >= 4 is 17.7 Å². The van der Waals surface area contributed by atoms with Crippen LogP contribution in [0.15, 0.2) is 48.6 Å². The number of rotatable bonds is 14. The van der Waals surface area contributed by atoms with Crippen LogP contribution in [0.25, 0.3) is 0 Å². The Morgan fingerprint density at radius 3 is 1.43 bits per heavy atom. The summed E-state index contributed by atoms with van der Waals surface area (Å²) in [7, 11) is 0. The van der Waals surface area contributed by atoms with E-state index in [-0.39, 0.29) is 17.7 Å². The number of carbonyl (C=O) groups is 3. The summed E-state index contributed by atoms with van der Waals surface area (Å²) in [6.45, 7) is 15.4. The Hall–Kier alpha value is -2.51. The summed E-state index contributed by atoms with van der Waals surface area (Å²) < 4.78 is 10.4. The number of likely N-dealkylation sites (N-methyl/N-ethyl adjacent to an activating group) is 2. The molecule has 222 valence electrons. The molecular formula is C33H50N2O5. The fraction of sp³-hybridized carbons (Fsp3) is 0.667. The van der Waals surface area contributed by atoms with Crippen molar-refractivity contribution in [3.8, 4) is 0 Å². The third-order valence-corrected chi connectivity index (χ3v) is 9.03. The van der Waals surface area contributed by atoms with E-state index >= 15 is 0 Å². The highest BCUT2D eigenvalue weighted by Gasteiger charge is 2.30. The Bertz CT molecular complexity index is 864. The van der Waals surface area contributed by atoms with E-state index in [1.165, 1.54) is 12.2 Å². The van der Waals surface area contributed by atoms with Gasteiger partial charge in [-0.15, -0.1) is 0 Å². The molecule has 0 bridgehead atoms. The molecule has 0 aliphatic heterocycles. The van der Waals surface area contributed by atoms with E-state index in [2.05, 4.69) is 49.0 Å². The molecule has 0 spiro atoms. The van der Waals surface area contributed by atoms with Gasteiger partial charge in [0.05, 0.1) is 0 Å². The average molecular weight is 555 g/mol. The van der Waals surface area contributed by atoms with Crippen LogP contribution in [-0.2, 0) is 23.9 Å². The Kier molecular flexibility index (Phi) is 13.3. The fourth-order valence-corrected chi connectivity index (χ4v) is 6.70. The van der Waals surface area contributed by atoms with Crippen molar-refractivity contribution in [2.75, 3.05) is 39.4 Å². The summed E-state index contributed by atoms with van der Waals surface area (Å²) in [5, 5.41) is 0. The van der Waals surface area contributed by atoms with E-state index in [0.717, 1.165) is 102 Å². The minimum atomic E-state index is -0.363. The van der Waals surface area contributed by atoms with Crippen molar-refractivity contribution in [1.82, 2.24) is 9.80 Å². The summed E-state index contributed by atoms with van der Waals surface area (Å²) >= 11 is 0. The maximum absolute atomic E-state index is 13.2. The second kappa shape index (κ2) is 16.7. The first-order valence-electron chi connectivity index (χ1n) is 15.4. The molecule has 0 aromatic rings. The molecule has 0 unspecified atom stereocenters. The van der Waals surface area contributed by atoms with Gasteiger partial charge in [0.1, 0.15) is 13.2 Å². The van der Waals surface area contributed by atoms with Crippen LogP contribution in [0.1, 0.15) is 78.1 Å². The first-order valence-corrected chi connectivity index (χ1v) is 15.4. The molecule has 7 heteroatoms. The largest absolute Gasteiger partial charge is 0.461 e. The highest BCUT2D eigenvalue weighted by molar-refractivity contribution is 6.10. The zero-order valence-corrected chi connectivity index (χ0v) is 24.8. The molecule has 0 radical (unpaired) electrons. The van der Waals surface area contributed by atoms with Crippen LogP contribution in [0.4, 0.5) is 0 Å². The zero-order valence-electron chi connectivity index (χ0n) is 24.8. The predicted molar refractivity (Wildman–Crippen MR) is 159 cm³/mol. The van der Waals surface area contributed by atoms with Crippen molar-refractivity contribution in [1.29, 1.82) is 0 Å². The number of esters is 2. The predicted octanol–water partition coefficient (Wildman–Crippen LogP) is 5.42. The molecule has 0 aromatic heterocycles. The number of hydrogen-bond acceptors (Lipinski definition) is 7. The minimum absolute atomic E-state index is 0.280. The number of Topliss-reactive ketones (excluding diaryl/α,β-unsaturated/α-hetero) is 1. The minimum Gasteiger partial charge on any atom is -0.461 e. The first kappa shape index (κ1) is 32.0. The van der Waals surface area contributed by atoms with E-state index in [0.29, 0.717) is 37.1 Å². The van der Waals surface area contributed by atoms with Crippen LogP contribution in [0.2, 0.25) is 0 Å². The zero-order chi connectivity index (χ0) is 28.9. The normalized spacial score (nSPS) is 27.4. The molecule has 0 aromatic carbocycles. The first-order chi connectivity index (χ1) is 19.4. The summed E-state index contributed by atoms with van der Waals surface area (Å²) in [4.78, 5) is 40.7. The van der Waals surface area contributed by atoms with Crippen LogP contribution in [0, 0.1) is 11.8 Å². The van der Waals surface area contributed by atoms with Gasteiger partial charge in [0, 0.05) is 37.3 Å². The van der Waals surface area contributed by atoms with Crippen molar-refractivity contribution in [3.63, 3.8) is 0 Å². The topological polar surface area (TPSA) is 76.2 Å². The van der Waals surface area contributed by atoms with Gasteiger partial charge in [-0.25, -0.2) is 9.59 Å². The van der Waals surface area contributed by atoms with Gasteiger partial charge in [-0.3, -0.25) is 14.6 Å². The second-order valence-electron chi connectivity index (χ2n) is 11.4. The number of nitrogens with zero attached hydrogens (tertiary/aromatic N) is 2. The number of ketones is 1. The number of carbonyl (C=O) groups excluding carboxylic acids is 3. The van der Waals surface area contributed by atoms with Crippen molar-refractivity contribution < 1.29 is 23.9 Å². The fourth-order valence-electron chi connectivity index (χ4n) is 6.70.